The van der Waals surface area contributed by atoms with E-state index in [2.05, 4.69) is 15.6 Å². The Bertz CT molecular complexity index is 1080. The van der Waals surface area contributed by atoms with Gasteiger partial charge in [0.05, 0.1) is 15.2 Å². The van der Waals surface area contributed by atoms with Crippen LogP contribution in [-0.2, 0) is 6.54 Å². The van der Waals surface area contributed by atoms with Gasteiger partial charge < -0.3 is 15.2 Å². The number of fused-ring (bicyclic) bond motifs is 1. The number of piperidine rings is 1. The van der Waals surface area contributed by atoms with Crippen molar-refractivity contribution in [3.63, 3.8) is 0 Å². The number of nitrogens with one attached hydrogen (secondary N) is 2. The first-order chi connectivity index (χ1) is 13.5. The maximum atomic E-state index is 13.0. The Morgan fingerprint density at radius 3 is 3.00 bits per heavy atom. The molecule has 4 rings (SSSR count). The van der Waals surface area contributed by atoms with E-state index in [1.165, 1.54) is 0 Å². The number of aromatic nitrogens is 2. The minimum atomic E-state index is -0.362. The van der Waals surface area contributed by atoms with Gasteiger partial charge in [-0.05, 0) is 75.5 Å². The summed E-state index contributed by atoms with van der Waals surface area (Å²) in [5.41, 5.74) is 2.27. The van der Waals surface area contributed by atoms with E-state index in [0.29, 0.717) is 23.7 Å². The Hall–Kier alpha value is -2.51. The van der Waals surface area contributed by atoms with Gasteiger partial charge in [0.15, 0.2) is 0 Å². The average Bonchev–Trinajstić information content (AvgIpc) is 3.04. The highest BCUT2D eigenvalue weighted by molar-refractivity contribution is 7.18. The molecule has 28 heavy (non-hydrogen) atoms. The summed E-state index contributed by atoms with van der Waals surface area (Å²) in [6.45, 7) is 6.35. The smallest absolute Gasteiger partial charge is 0.263 e. The lowest BCUT2D eigenvalue weighted by atomic mass is 9.99. The molecular formula is C21H24N4O2S. The van der Waals surface area contributed by atoms with Crippen LogP contribution in [-0.4, -0.2) is 28.5 Å². The summed E-state index contributed by atoms with van der Waals surface area (Å²) >= 11 is 1.58. The Morgan fingerprint density at radius 1 is 1.36 bits per heavy atom. The van der Waals surface area contributed by atoms with Crippen LogP contribution in [0.2, 0.25) is 0 Å². The largest absolute Gasteiger partial charge is 0.322 e. The molecule has 0 radical (unpaired) electrons. The second-order valence-electron chi connectivity index (χ2n) is 7.41. The van der Waals surface area contributed by atoms with Gasteiger partial charge >= 0.3 is 0 Å². The number of rotatable bonds is 4. The van der Waals surface area contributed by atoms with Crippen molar-refractivity contribution in [1.82, 2.24) is 14.9 Å². The maximum Gasteiger partial charge on any atom is 0.263 e. The number of carbonyl (C=O) groups excluding carboxylic acids is 1. The molecule has 0 saturated carbocycles. The molecule has 0 aliphatic carbocycles. The molecule has 2 N–H and O–H groups in total. The molecule has 7 heteroatoms. The topological polar surface area (TPSA) is 76.0 Å². The van der Waals surface area contributed by atoms with Crippen molar-refractivity contribution in [2.75, 3.05) is 18.4 Å². The third kappa shape index (κ3) is 3.86. The van der Waals surface area contributed by atoms with E-state index < -0.39 is 0 Å². The number of hydrogen-bond acceptors (Lipinski definition) is 5. The second kappa shape index (κ2) is 7.85. The molecule has 0 bridgehead atoms. The lowest BCUT2D eigenvalue weighted by Crippen LogP contribution is -2.36. The van der Waals surface area contributed by atoms with Crippen molar-refractivity contribution in [1.29, 1.82) is 0 Å². The number of thiazole rings is 1. The molecule has 3 heterocycles. The molecule has 1 aliphatic rings. The predicted octanol–water partition coefficient (Wildman–Crippen LogP) is 3.33. The fourth-order valence-electron chi connectivity index (χ4n) is 3.75. The lowest BCUT2D eigenvalue weighted by Gasteiger charge is -2.23. The quantitative estimate of drug-likeness (QED) is 0.709. The van der Waals surface area contributed by atoms with E-state index in [-0.39, 0.29) is 17.0 Å². The Balaban J connectivity index is 1.58. The Morgan fingerprint density at radius 2 is 2.21 bits per heavy atom. The summed E-state index contributed by atoms with van der Waals surface area (Å²) in [5, 5.41) is 7.24. The van der Waals surface area contributed by atoms with Crippen molar-refractivity contribution in [2.24, 2.45) is 5.92 Å². The van der Waals surface area contributed by atoms with Crippen molar-refractivity contribution < 1.29 is 4.79 Å². The minimum Gasteiger partial charge on any atom is -0.322 e. The van der Waals surface area contributed by atoms with Crippen LogP contribution in [0.15, 0.2) is 35.3 Å². The van der Waals surface area contributed by atoms with Gasteiger partial charge in [0.25, 0.3) is 11.5 Å². The normalized spacial score (nSPS) is 17.0. The summed E-state index contributed by atoms with van der Waals surface area (Å²) < 4.78 is 2.69. The highest BCUT2D eigenvalue weighted by atomic mass is 32.1. The molecule has 1 aliphatic heterocycles. The first-order valence-corrected chi connectivity index (χ1v) is 10.4. The van der Waals surface area contributed by atoms with Crippen LogP contribution in [0.1, 0.15) is 33.8 Å². The second-order valence-corrected chi connectivity index (χ2v) is 8.65. The number of aryl methyl sites for hydroxylation is 2. The number of anilines is 1. The molecule has 1 amide bonds. The zero-order chi connectivity index (χ0) is 19.7. The van der Waals surface area contributed by atoms with E-state index >= 15 is 0 Å². The third-order valence-electron chi connectivity index (χ3n) is 5.21. The first-order valence-electron chi connectivity index (χ1n) is 9.60. The fourth-order valence-corrected chi connectivity index (χ4v) is 4.62. The molecule has 1 unspecified atom stereocenters. The van der Waals surface area contributed by atoms with E-state index in [1.807, 2.05) is 31.2 Å². The molecule has 1 fully saturated rings. The van der Waals surface area contributed by atoms with Gasteiger partial charge in [-0.3, -0.25) is 9.59 Å². The standard InChI is InChI=1S/C21H24N4O2S/c1-13-7-9-25(12-15-4-3-8-22-11-15)21(27)19(13)20(26)24-16-5-6-17-18(10-16)28-14(2)23-17/h5-7,9-10,15,22H,3-4,8,11-12H2,1-2H3,(H,24,26). The SMILES string of the molecule is Cc1nc2ccc(NC(=O)c3c(C)ccn(CC4CCCNC4)c3=O)cc2s1. The van der Waals surface area contributed by atoms with Gasteiger partial charge in [0, 0.05) is 18.4 Å². The lowest BCUT2D eigenvalue weighted by molar-refractivity contribution is 0.102. The van der Waals surface area contributed by atoms with E-state index in [0.717, 1.165) is 41.2 Å². The molecule has 6 nitrogen and oxygen atoms in total. The minimum absolute atomic E-state index is 0.215. The van der Waals surface area contributed by atoms with Gasteiger partial charge in [-0.25, -0.2) is 4.98 Å². The monoisotopic (exact) mass is 396 g/mol. The summed E-state index contributed by atoms with van der Waals surface area (Å²) in [6, 6.07) is 7.47. The van der Waals surface area contributed by atoms with Crippen molar-refractivity contribution >= 4 is 33.1 Å². The zero-order valence-electron chi connectivity index (χ0n) is 16.1. The van der Waals surface area contributed by atoms with Crippen LogP contribution in [0, 0.1) is 19.8 Å². The van der Waals surface area contributed by atoms with Gasteiger partial charge in [-0.2, -0.15) is 0 Å². The maximum absolute atomic E-state index is 13.0. The third-order valence-corrected chi connectivity index (χ3v) is 6.14. The molecular weight excluding hydrogens is 372 g/mol. The number of nitrogens with zero attached hydrogens (tertiary/aromatic N) is 2. The zero-order valence-corrected chi connectivity index (χ0v) is 16.9. The van der Waals surface area contributed by atoms with Crippen LogP contribution in [0.25, 0.3) is 10.2 Å². The molecule has 1 aromatic carbocycles. The summed E-state index contributed by atoms with van der Waals surface area (Å²) in [7, 11) is 0. The van der Waals surface area contributed by atoms with E-state index in [1.54, 1.807) is 29.0 Å². The fraction of sp³-hybridized carbons (Fsp3) is 0.381. The number of amides is 1. The molecule has 2 aromatic heterocycles. The molecule has 1 saturated heterocycles. The van der Waals surface area contributed by atoms with Crippen LogP contribution >= 0.6 is 11.3 Å². The summed E-state index contributed by atoms with van der Waals surface area (Å²) in [4.78, 5) is 30.3. The molecule has 146 valence electrons. The van der Waals surface area contributed by atoms with Gasteiger partial charge in [-0.1, -0.05) is 0 Å². The highest BCUT2D eigenvalue weighted by Crippen LogP contribution is 2.25. The van der Waals surface area contributed by atoms with Crippen LogP contribution in [0.4, 0.5) is 5.69 Å². The summed E-state index contributed by atoms with van der Waals surface area (Å²) in [5.74, 6) is 0.0567. The average molecular weight is 397 g/mol. The van der Waals surface area contributed by atoms with Crippen molar-refractivity contribution in [3.05, 3.63) is 57.0 Å². The van der Waals surface area contributed by atoms with E-state index in [9.17, 15) is 9.59 Å². The highest BCUT2D eigenvalue weighted by Gasteiger charge is 2.19. The molecule has 1 atom stereocenters. The Kier molecular flexibility index (Phi) is 5.28. The number of carbonyl (C=O) groups is 1. The molecule has 3 aromatic rings. The number of hydrogen-bond donors (Lipinski definition) is 2. The number of pyridine rings is 1. The van der Waals surface area contributed by atoms with Crippen molar-refractivity contribution in [3.8, 4) is 0 Å². The van der Waals surface area contributed by atoms with Gasteiger partial charge in [0.1, 0.15) is 5.56 Å². The van der Waals surface area contributed by atoms with E-state index in [4.69, 9.17) is 0 Å². The first kappa shape index (κ1) is 18.8. The predicted molar refractivity (Wildman–Crippen MR) is 113 cm³/mol. The summed E-state index contributed by atoms with van der Waals surface area (Å²) in [6.07, 6.45) is 4.02. The van der Waals surface area contributed by atoms with Crippen LogP contribution in [0.3, 0.4) is 0 Å². The molecule has 0 spiro atoms. The van der Waals surface area contributed by atoms with Crippen molar-refractivity contribution in [2.45, 2.75) is 33.2 Å². The Labute approximate surface area is 167 Å². The van der Waals surface area contributed by atoms with Gasteiger partial charge in [0.2, 0.25) is 0 Å². The van der Waals surface area contributed by atoms with Crippen LogP contribution in [0.5, 0.6) is 0 Å². The van der Waals surface area contributed by atoms with Gasteiger partial charge in [-0.15, -0.1) is 11.3 Å². The number of benzene rings is 1. The van der Waals surface area contributed by atoms with Crippen LogP contribution < -0.4 is 16.2 Å².